The summed E-state index contributed by atoms with van der Waals surface area (Å²) in [6.45, 7) is 0.282. The van der Waals surface area contributed by atoms with Crippen LogP contribution in [0.4, 0.5) is 5.82 Å². The van der Waals surface area contributed by atoms with Gasteiger partial charge in [0.15, 0.2) is 11.5 Å². The van der Waals surface area contributed by atoms with E-state index in [1.165, 1.54) is 15.8 Å². The molecule has 1 saturated heterocycles. The maximum Gasteiger partial charge on any atom is 0.279 e. The minimum absolute atomic E-state index is 0.0825. The number of rotatable bonds is 4. The SMILES string of the molecule is O=C1CCC(N2Cc3ccc(-n4cc(C(=O)Nc5cn6ccccc6n5)nn4)cc3C2=O)C(=O)N1. The van der Waals surface area contributed by atoms with Crippen molar-refractivity contribution in [2.24, 2.45) is 0 Å². The molecule has 1 aromatic carbocycles. The van der Waals surface area contributed by atoms with E-state index in [1.54, 1.807) is 28.8 Å². The first-order chi connectivity index (χ1) is 17.0. The van der Waals surface area contributed by atoms with Gasteiger partial charge in [-0.05, 0) is 36.2 Å². The summed E-state index contributed by atoms with van der Waals surface area (Å²) in [5.74, 6) is -1.17. The number of amides is 4. The lowest BCUT2D eigenvalue weighted by Gasteiger charge is -2.29. The molecule has 2 aliphatic heterocycles. The first kappa shape index (κ1) is 20.7. The highest BCUT2D eigenvalue weighted by molar-refractivity contribution is 6.05. The van der Waals surface area contributed by atoms with Crippen LogP contribution in [0.5, 0.6) is 0 Å². The van der Waals surface area contributed by atoms with Crippen LogP contribution in [0.1, 0.15) is 39.3 Å². The minimum Gasteiger partial charge on any atom is -0.322 e. The third kappa shape index (κ3) is 3.60. The quantitative estimate of drug-likeness (QED) is 0.422. The first-order valence-corrected chi connectivity index (χ1v) is 10.9. The van der Waals surface area contributed by atoms with E-state index in [2.05, 4.69) is 25.9 Å². The van der Waals surface area contributed by atoms with E-state index in [9.17, 15) is 19.2 Å². The zero-order valence-corrected chi connectivity index (χ0v) is 18.2. The smallest absolute Gasteiger partial charge is 0.279 e. The highest BCUT2D eigenvalue weighted by Gasteiger charge is 2.39. The molecule has 5 heterocycles. The molecule has 6 rings (SSSR count). The summed E-state index contributed by atoms with van der Waals surface area (Å²) in [5, 5.41) is 13.0. The van der Waals surface area contributed by atoms with E-state index < -0.39 is 17.9 Å². The summed E-state index contributed by atoms with van der Waals surface area (Å²) >= 11 is 0. The summed E-state index contributed by atoms with van der Waals surface area (Å²) in [5.41, 5.74) is 2.54. The first-order valence-electron chi connectivity index (χ1n) is 10.9. The average Bonchev–Trinajstić information content (AvgIpc) is 3.56. The van der Waals surface area contributed by atoms with Crippen LogP contribution >= 0.6 is 0 Å². The standard InChI is InChI=1S/C23H18N8O4/c32-20-7-6-17(22(34)26-20)30-10-13-4-5-14(9-15(13)23(30)35)31-11-16(27-28-31)21(33)25-18-12-29-8-2-1-3-19(29)24-18/h1-5,8-9,11-12,17H,6-7,10H2,(H,25,33)(H,26,32,34). The van der Waals surface area contributed by atoms with Crippen molar-refractivity contribution in [3.05, 3.63) is 71.8 Å². The second kappa shape index (κ2) is 7.87. The molecule has 1 unspecified atom stereocenters. The number of nitrogens with one attached hydrogen (secondary N) is 2. The normalized spacial score (nSPS) is 17.5. The van der Waals surface area contributed by atoms with Crippen molar-refractivity contribution in [3.63, 3.8) is 0 Å². The molecule has 12 nitrogen and oxygen atoms in total. The lowest BCUT2D eigenvalue weighted by Crippen LogP contribution is -2.52. The molecule has 1 fully saturated rings. The number of fused-ring (bicyclic) bond motifs is 2. The van der Waals surface area contributed by atoms with Crippen molar-refractivity contribution in [2.75, 3.05) is 5.32 Å². The van der Waals surface area contributed by atoms with Gasteiger partial charge in [0.25, 0.3) is 11.8 Å². The molecule has 2 aliphatic rings. The molecule has 1 atom stereocenters. The second-order valence-corrected chi connectivity index (χ2v) is 8.34. The highest BCUT2D eigenvalue weighted by atomic mass is 16.2. The van der Waals surface area contributed by atoms with Crippen LogP contribution < -0.4 is 10.6 Å². The predicted octanol–water partition coefficient (Wildman–Crippen LogP) is 0.928. The maximum atomic E-state index is 13.0. The van der Waals surface area contributed by atoms with Gasteiger partial charge in [0.05, 0.1) is 18.1 Å². The van der Waals surface area contributed by atoms with E-state index in [4.69, 9.17) is 0 Å². The molecule has 0 bridgehead atoms. The number of aromatic nitrogens is 5. The second-order valence-electron chi connectivity index (χ2n) is 8.34. The Morgan fingerprint density at radius 2 is 2.00 bits per heavy atom. The molecule has 3 aromatic heterocycles. The lowest BCUT2D eigenvalue weighted by atomic mass is 10.0. The van der Waals surface area contributed by atoms with Crippen molar-refractivity contribution in [3.8, 4) is 5.69 Å². The fourth-order valence-electron chi connectivity index (χ4n) is 4.35. The fourth-order valence-corrected chi connectivity index (χ4v) is 4.35. The van der Waals surface area contributed by atoms with Gasteiger partial charge in [-0.1, -0.05) is 17.3 Å². The van der Waals surface area contributed by atoms with Crippen LogP contribution in [0.25, 0.3) is 11.3 Å². The molecular formula is C23H18N8O4. The van der Waals surface area contributed by atoms with E-state index >= 15 is 0 Å². The summed E-state index contributed by atoms with van der Waals surface area (Å²) in [6.07, 6.45) is 5.47. The number of hydrogen-bond donors (Lipinski definition) is 2. The summed E-state index contributed by atoms with van der Waals surface area (Å²) in [7, 11) is 0. The number of benzene rings is 1. The van der Waals surface area contributed by atoms with E-state index in [-0.39, 0.29) is 30.5 Å². The Morgan fingerprint density at radius 3 is 2.83 bits per heavy atom. The van der Waals surface area contributed by atoms with Gasteiger partial charge in [0.2, 0.25) is 11.8 Å². The number of anilines is 1. The van der Waals surface area contributed by atoms with Crippen molar-refractivity contribution in [1.82, 2.24) is 34.6 Å². The van der Waals surface area contributed by atoms with E-state index in [0.29, 0.717) is 29.1 Å². The average molecular weight is 470 g/mol. The maximum absolute atomic E-state index is 13.0. The van der Waals surface area contributed by atoms with Crippen molar-refractivity contribution < 1.29 is 19.2 Å². The molecular weight excluding hydrogens is 452 g/mol. The molecule has 12 heteroatoms. The molecule has 0 aliphatic carbocycles. The number of imidazole rings is 1. The Bertz CT molecular complexity index is 1500. The zero-order chi connectivity index (χ0) is 24.1. The fraction of sp³-hybridized carbons (Fsp3) is 0.174. The zero-order valence-electron chi connectivity index (χ0n) is 18.2. The van der Waals surface area contributed by atoms with Crippen LogP contribution in [-0.2, 0) is 16.1 Å². The molecule has 4 amide bonds. The molecule has 174 valence electrons. The minimum atomic E-state index is -0.683. The number of carbonyl (C=O) groups is 4. The molecule has 0 spiro atoms. The third-order valence-corrected chi connectivity index (χ3v) is 6.11. The van der Waals surface area contributed by atoms with Gasteiger partial charge in [-0.3, -0.25) is 24.5 Å². The van der Waals surface area contributed by atoms with Crippen LogP contribution in [0.15, 0.2) is 55.0 Å². The van der Waals surface area contributed by atoms with Crippen LogP contribution in [0.3, 0.4) is 0 Å². The number of hydrogen-bond acceptors (Lipinski definition) is 7. The summed E-state index contributed by atoms with van der Waals surface area (Å²) in [4.78, 5) is 55.2. The van der Waals surface area contributed by atoms with Crippen LogP contribution in [-0.4, -0.2) is 58.9 Å². The number of carbonyl (C=O) groups excluding carboxylic acids is 4. The van der Waals surface area contributed by atoms with Gasteiger partial charge in [-0.2, -0.15) is 0 Å². The van der Waals surface area contributed by atoms with Gasteiger partial charge in [-0.25, -0.2) is 9.67 Å². The highest BCUT2D eigenvalue weighted by Crippen LogP contribution is 2.29. The number of piperidine rings is 1. The van der Waals surface area contributed by atoms with Crippen molar-refractivity contribution >= 4 is 35.1 Å². The van der Waals surface area contributed by atoms with Gasteiger partial charge in [0.1, 0.15) is 11.7 Å². The van der Waals surface area contributed by atoms with E-state index in [0.717, 1.165) is 5.56 Å². The Hall–Kier alpha value is -4.87. The van der Waals surface area contributed by atoms with Crippen molar-refractivity contribution in [2.45, 2.75) is 25.4 Å². The van der Waals surface area contributed by atoms with Crippen molar-refractivity contribution in [1.29, 1.82) is 0 Å². The monoisotopic (exact) mass is 470 g/mol. The molecule has 4 aromatic rings. The summed E-state index contributed by atoms with van der Waals surface area (Å²) < 4.78 is 3.19. The van der Waals surface area contributed by atoms with Gasteiger partial charge >= 0.3 is 0 Å². The van der Waals surface area contributed by atoms with Gasteiger partial charge in [0, 0.05) is 24.7 Å². The Labute approximate surface area is 197 Å². The number of pyridine rings is 1. The molecule has 35 heavy (non-hydrogen) atoms. The topological polar surface area (TPSA) is 144 Å². The largest absolute Gasteiger partial charge is 0.322 e. The number of nitrogens with zero attached hydrogens (tertiary/aromatic N) is 6. The number of imide groups is 1. The lowest BCUT2D eigenvalue weighted by molar-refractivity contribution is -0.136. The Morgan fingerprint density at radius 1 is 1.11 bits per heavy atom. The Balaban J connectivity index is 1.20. The summed E-state index contributed by atoms with van der Waals surface area (Å²) in [6, 6.07) is 10.1. The molecule has 0 saturated carbocycles. The third-order valence-electron chi connectivity index (χ3n) is 6.11. The molecule has 2 N–H and O–H groups in total. The van der Waals surface area contributed by atoms with E-state index in [1.807, 2.05) is 24.4 Å². The Kier molecular flexibility index (Phi) is 4.66. The van der Waals surface area contributed by atoms with Crippen LogP contribution in [0.2, 0.25) is 0 Å². The van der Waals surface area contributed by atoms with Crippen LogP contribution in [0, 0.1) is 0 Å². The van der Waals surface area contributed by atoms with Gasteiger partial charge < -0.3 is 14.6 Å². The predicted molar refractivity (Wildman–Crippen MR) is 121 cm³/mol. The molecule has 0 radical (unpaired) electrons. The van der Waals surface area contributed by atoms with Gasteiger partial charge in [-0.15, -0.1) is 5.10 Å².